The topological polar surface area (TPSA) is 104 Å². The summed E-state index contributed by atoms with van der Waals surface area (Å²) in [6, 6.07) is 0. The molecule has 0 spiro atoms. The molecule has 0 unspecified atom stereocenters. The first kappa shape index (κ1) is 15.0. The van der Waals surface area contributed by atoms with E-state index in [2.05, 4.69) is 11.3 Å². The van der Waals surface area contributed by atoms with Crippen LogP contribution in [0.4, 0.5) is 0 Å². The van der Waals surface area contributed by atoms with E-state index in [1.807, 2.05) is 0 Å². The van der Waals surface area contributed by atoms with E-state index in [1.165, 1.54) is 6.92 Å². The number of carbonyl (C=O) groups excluding carboxylic acids is 1. The SMILES string of the molecule is C=C(C)C(=O)OCCN(CCO)S(=O)(=O)O. The van der Waals surface area contributed by atoms with Crippen LogP contribution in [0.1, 0.15) is 6.92 Å². The zero-order chi connectivity index (χ0) is 12.8. The molecule has 0 aliphatic heterocycles. The second-order valence-electron chi connectivity index (χ2n) is 3.02. The first-order valence-electron chi connectivity index (χ1n) is 4.45. The van der Waals surface area contributed by atoms with Gasteiger partial charge in [0.2, 0.25) is 0 Å². The Labute approximate surface area is 94.2 Å². The van der Waals surface area contributed by atoms with Gasteiger partial charge in [-0.1, -0.05) is 6.58 Å². The minimum absolute atomic E-state index is 0.195. The lowest BCUT2D eigenvalue weighted by Gasteiger charge is -2.16. The molecule has 0 amide bonds. The highest BCUT2D eigenvalue weighted by Gasteiger charge is 2.18. The number of ether oxygens (including phenoxy) is 1. The minimum atomic E-state index is -4.39. The number of carbonyl (C=O) groups is 1. The molecule has 2 N–H and O–H groups in total. The van der Waals surface area contributed by atoms with Crippen LogP contribution in [0, 0.1) is 0 Å². The van der Waals surface area contributed by atoms with Crippen LogP contribution < -0.4 is 0 Å². The monoisotopic (exact) mass is 253 g/mol. The van der Waals surface area contributed by atoms with Crippen molar-refractivity contribution in [2.75, 3.05) is 26.3 Å². The van der Waals surface area contributed by atoms with Gasteiger partial charge in [-0.05, 0) is 6.92 Å². The highest BCUT2D eigenvalue weighted by atomic mass is 32.2. The Bertz CT molecular complexity index is 350. The lowest BCUT2D eigenvalue weighted by atomic mass is 10.4. The maximum Gasteiger partial charge on any atom is 0.336 e. The van der Waals surface area contributed by atoms with Crippen LogP contribution in [0.2, 0.25) is 0 Å². The van der Waals surface area contributed by atoms with Gasteiger partial charge in [0.1, 0.15) is 6.61 Å². The molecule has 0 radical (unpaired) electrons. The molecule has 7 nitrogen and oxygen atoms in total. The van der Waals surface area contributed by atoms with Gasteiger partial charge in [0.05, 0.1) is 13.2 Å². The van der Waals surface area contributed by atoms with Crippen LogP contribution in [0.25, 0.3) is 0 Å². The maximum atomic E-state index is 10.9. The second kappa shape index (κ2) is 6.59. The van der Waals surface area contributed by atoms with E-state index >= 15 is 0 Å². The van der Waals surface area contributed by atoms with Gasteiger partial charge in [0, 0.05) is 12.1 Å². The second-order valence-corrected chi connectivity index (χ2v) is 4.43. The van der Waals surface area contributed by atoms with Gasteiger partial charge in [0.25, 0.3) is 0 Å². The van der Waals surface area contributed by atoms with Crippen LogP contribution in [0.5, 0.6) is 0 Å². The predicted octanol–water partition coefficient (Wildman–Crippen LogP) is -0.797. The van der Waals surface area contributed by atoms with E-state index in [4.69, 9.17) is 9.66 Å². The molecule has 0 saturated heterocycles. The molecule has 94 valence electrons. The van der Waals surface area contributed by atoms with Crippen molar-refractivity contribution in [2.45, 2.75) is 6.92 Å². The normalized spacial score (nSPS) is 11.5. The van der Waals surface area contributed by atoms with Crippen molar-refractivity contribution in [3.63, 3.8) is 0 Å². The van der Waals surface area contributed by atoms with E-state index in [1.54, 1.807) is 0 Å². The van der Waals surface area contributed by atoms with Crippen molar-refractivity contribution in [3.8, 4) is 0 Å². The summed E-state index contributed by atoms with van der Waals surface area (Å²) in [5.74, 6) is -0.640. The van der Waals surface area contributed by atoms with Gasteiger partial charge in [-0.15, -0.1) is 0 Å². The van der Waals surface area contributed by atoms with Crippen molar-refractivity contribution in [2.24, 2.45) is 0 Å². The molecule has 0 aliphatic carbocycles. The van der Waals surface area contributed by atoms with Crippen LogP contribution in [-0.2, 0) is 19.8 Å². The molecule has 0 heterocycles. The van der Waals surface area contributed by atoms with E-state index in [-0.39, 0.29) is 25.3 Å². The van der Waals surface area contributed by atoms with Crippen molar-refractivity contribution in [1.29, 1.82) is 0 Å². The van der Waals surface area contributed by atoms with Crippen molar-refractivity contribution in [3.05, 3.63) is 12.2 Å². The summed E-state index contributed by atoms with van der Waals surface area (Å²) in [5.41, 5.74) is 0.195. The fraction of sp³-hybridized carbons (Fsp3) is 0.625. The minimum Gasteiger partial charge on any atom is -0.461 e. The van der Waals surface area contributed by atoms with Crippen LogP contribution in [0.3, 0.4) is 0 Å². The molecule has 8 heteroatoms. The zero-order valence-electron chi connectivity index (χ0n) is 8.92. The van der Waals surface area contributed by atoms with Crippen LogP contribution in [-0.4, -0.2) is 54.7 Å². The Hall–Kier alpha value is -0.960. The molecule has 0 aromatic heterocycles. The molecule has 0 bridgehead atoms. The van der Waals surface area contributed by atoms with Crippen molar-refractivity contribution >= 4 is 16.3 Å². The summed E-state index contributed by atoms with van der Waals surface area (Å²) in [7, 11) is -4.39. The Morgan fingerprint density at radius 2 is 2.00 bits per heavy atom. The number of esters is 1. The highest BCUT2D eigenvalue weighted by molar-refractivity contribution is 7.83. The lowest BCUT2D eigenvalue weighted by molar-refractivity contribution is -0.139. The van der Waals surface area contributed by atoms with Crippen LogP contribution >= 0.6 is 0 Å². The van der Waals surface area contributed by atoms with Gasteiger partial charge in [0.15, 0.2) is 0 Å². The molecule has 0 rings (SSSR count). The molecule has 0 fully saturated rings. The fourth-order valence-electron chi connectivity index (χ4n) is 0.817. The van der Waals surface area contributed by atoms with E-state index in [0.29, 0.717) is 4.31 Å². The molecule has 16 heavy (non-hydrogen) atoms. The number of hydrogen-bond donors (Lipinski definition) is 2. The Morgan fingerprint density at radius 1 is 1.44 bits per heavy atom. The predicted molar refractivity (Wildman–Crippen MR) is 56.0 cm³/mol. The molecular weight excluding hydrogens is 238 g/mol. The largest absolute Gasteiger partial charge is 0.461 e. The number of rotatable bonds is 7. The highest BCUT2D eigenvalue weighted by Crippen LogP contribution is 1.98. The number of aliphatic hydroxyl groups is 1. The smallest absolute Gasteiger partial charge is 0.336 e. The third kappa shape index (κ3) is 5.81. The summed E-state index contributed by atoms with van der Waals surface area (Å²) in [6.07, 6.45) is 0. The average Bonchev–Trinajstić information content (AvgIpc) is 2.14. The van der Waals surface area contributed by atoms with Gasteiger partial charge < -0.3 is 9.84 Å². The third-order valence-electron chi connectivity index (χ3n) is 1.60. The molecule has 0 aliphatic rings. The summed E-state index contributed by atoms with van der Waals surface area (Å²) in [4.78, 5) is 10.9. The molecular formula is C8H15NO6S. The Balaban J connectivity index is 4.15. The molecule has 0 atom stereocenters. The number of aliphatic hydroxyl groups excluding tert-OH is 1. The summed E-state index contributed by atoms with van der Waals surface area (Å²) >= 11 is 0. The van der Waals surface area contributed by atoms with Crippen LogP contribution in [0.15, 0.2) is 12.2 Å². The third-order valence-corrected chi connectivity index (χ3v) is 2.62. The Kier molecular flexibility index (Phi) is 6.19. The first-order chi connectivity index (χ1) is 7.29. The maximum absolute atomic E-state index is 10.9. The standard InChI is InChI=1S/C8H15NO6S/c1-7(2)8(11)15-6-4-9(3-5-10)16(12,13)14/h10H,1,3-6H2,2H3,(H,12,13,14). The summed E-state index contributed by atoms with van der Waals surface area (Å²) in [5, 5.41) is 8.56. The van der Waals surface area contributed by atoms with Crippen molar-refractivity contribution < 1.29 is 27.6 Å². The fourth-order valence-corrected chi connectivity index (χ4v) is 1.44. The van der Waals surface area contributed by atoms with Gasteiger partial charge in [-0.3, -0.25) is 4.55 Å². The van der Waals surface area contributed by atoms with Gasteiger partial charge >= 0.3 is 16.3 Å². The van der Waals surface area contributed by atoms with E-state index < -0.39 is 22.9 Å². The average molecular weight is 253 g/mol. The molecule has 0 saturated carbocycles. The summed E-state index contributed by atoms with van der Waals surface area (Å²) < 4.78 is 35.4. The zero-order valence-corrected chi connectivity index (χ0v) is 9.73. The quantitative estimate of drug-likeness (QED) is 0.350. The molecule has 0 aromatic carbocycles. The lowest BCUT2D eigenvalue weighted by Crippen LogP contribution is -2.36. The van der Waals surface area contributed by atoms with E-state index in [0.717, 1.165) is 0 Å². The number of hydrogen-bond acceptors (Lipinski definition) is 5. The number of nitrogens with zero attached hydrogens (tertiary/aromatic N) is 1. The van der Waals surface area contributed by atoms with Crippen molar-refractivity contribution in [1.82, 2.24) is 4.31 Å². The first-order valence-corrected chi connectivity index (χ1v) is 5.84. The summed E-state index contributed by atoms with van der Waals surface area (Å²) in [6.45, 7) is 3.66. The Morgan fingerprint density at radius 3 is 2.38 bits per heavy atom. The molecule has 0 aromatic rings. The van der Waals surface area contributed by atoms with Gasteiger partial charge in [-0.2, -0.15) is 12.7 Å². The van der Waals surface area contributed by atoms with Gasteiger partial charge in [-0.25, -0.2) is 4.79 Å². The van der Waals surface area contributed by atoms with E-state index in [9.17, 15) is 13.2 Å².